The highest BCUT2D eigenvalue weighted by Crippen LogP contribution is 2.27. The summed E-state index contributed by atoms with van der Waals surface area (Å²) in [6, 6.07) is 5.17. The third kappa shape index (κ3) is 5.08. The predicted molar refractivity (Wildman–Crippen MR) is 77.7 cm³/mol. The van der Waals surface area contributed by atoms with Crippen LogP contribution in [0.15, 0.2) is 18.2 Å². The number of methoxy groups -OCH3 is 1. The molecule has 0 heterocycles. The van der Waals surface area contributed by atoms with Crippen molar-refractivity contribution in [3.63, 3.8) is 0 Å². The Kier molecular flexibility index (Phi) is 4.81. The van der Waals surface area contributed by atoms with Crippen LogP contribution < -0.4 is 15.2 Å². The lowest BCUT2D eigenvalue weighted by Gasteiger charge is -2.19. The lowest BCUT2D eigenvalue weighted by atomic mass is 10.0. The van der Waals surface area contributed by atoms with E-state index in [0.29, 0.717) is 18.0 Å². The van der Waals surface area contributed by atoms with Gasteiger partial charge in [-0.2, -0.15) is 0 Å². The lowest BCUT2D eigenvalue weighted by molar-refractivity contribution is 0.416. The van der Waals surface area contributed by atoms with Crippen molar-refractivity contribution in [1.29, 1.82) is 0 Å². The summed E-state index contributed by atoms with van der Waals surface area (Å²) in [5.41, 5.74) is 6.55. The number of hydrogen-bond acceptors (Lipinski definition) is 4. The molecule has 0 unspecified atom stereocenters. The fraction of sp³-hybridized carbons (Fsp3) is 0.538. The van der Waals surface area contributed by atoms with Crippen LogP contribution in [0.3, 0.4) is 0 Å². The van der Waals surface area contributed by atoms with E-state index >= 15 is 0 Å². The molecule has 0 spiro atoms. The molecular weight excluding hydrogens is 264 g/mol. The molecule has 0 saturated heterocycles. The second-order valence-corrected chi connectivity index (χ2v) is 7.38. The van der Waals surface area contributed by atoms with Gasteiger partial charge in [0.2, 0.25) is 10.0 Å². The number of rotatable bonds is 5. The van der Waals surface area contributed by atoms with Crippen LogP contribution in [0, 0.1) is 5.41 Å². The van der Waals surface area contributed by atoms with Crippen molar-refractivity contribution in [2.24, 2.45) is 11.1 Å². The molecule has 5 nitrogen and oxygen atoms in total. The first-order valence-corrected chi connectivity index (χ1v) is 7.69. The molecule has 0 amide bonds. The maximum Gasteiger partial charge on any atom is 0.233 e. The van der Waals surface area contributed by atoms with Gasteiger partial charge in [-0.05, 0) is 23.1 Å². The maximum absolute atomic E-state index is 12.0. The minimum absolute atomic E-state index is 0.0434. The van der Waals surface area contributed by atoms with Gasteiger partial charge in [0.25, 0.3) is 0 Å². The highest BCUT2D eigenvalue weighted by Gasteiger charge is 2.22. The van der Waals surface area contributed by atoms with Crippen molar-refractivity contribution in [3.8, 4) is 5.75 Å². The summed E-state index contributed by atoms with van der Waals surface area (Å²) in [6.45, 7) is 6.01. The molecule has 0 aliphatic carbocycles. The van der Waals surface area contributed by atoms with Crippen molar-refractivity contribution < 1.29 is 13.2 Å². The topological polar surface area (TPSA) is 81.4 Å². The van der Waals surface area contributed by atoms with Crippen LogP contribution in [-0.2, 0) is 16.6 Å². The zero-order valence-electron chi connectivity index (χ0n) is 11.9. The number of nitrogens with one attached hydrogen (secondary N) is 1. The van der Waals surface area contributed by atoms with Crippen LogP contribution in [-0.4, -0.2) is 21.3 Å². The van der Waals surface area contributed by atoms with Gasteiger partial charge in [-0.15, -0.1) is 0 Å². The molecule has 1 aromatic rings. The van der Waals surface area contributed by atoms with E-state index in [1.165, 1.54) is 7.11 Å². The Balaban J connectivity index is 2.99. The summed E-state index contributed by atoms with van der Waals surface area (Å²) in [5.74, 6) is 0.516. The summed E-state index contributed by atoms with van der Waals surface area (Å²) in [6.07, 6.45) is 0. The normalized spacial score (nSPS) is 12.3. The zero-order valence-corrected chi connectivity index (χ0v) is 12.7. The first kappa shape index (κ1) is 15.8. The van der Waals surface area contributed by atoms with E-state index < -0.39 is 10.0 Å². The molecule has 6 heteroatoms. The molecule has 3 N–H and O–H groups in total. The first-order chi connectivity index (χ1) is 8.67. The summed E-state index contributed by atoms with van der Waals surface area (Å²) in [5, 5.41) is 0. The largest absolute Gasteiger partial charge is 0.495 e. The van der Waals surface area contributed by atoms with Crippen molar-refractivity contribution in [2.75, 3.05) is 17.6 Å². The second kappa shape index (κ2) is 5.79. The van der Waals surface area contributed by atoms with E-state index in [1.807, 2.05) is 20.8 Å². The molecule has 0 saturated carbocycles. The van der Waals surface area contributed by atoms with Gasteiger partial charge in [0.05, 0.1) is 18.6 Å². The van der Waals surface area contributed by atoms with E-state index in [-0.39, 0.29) is 11.2 Å². The van der Waals surface area contributed by atoms with Gasteiger partial charge in [0, 0.05) is 6.54 Å². The number of ether oxygens (including phenoxy) is 1. The van der Waals surface area contributed by atoms with Crippen LogP contribution in [0.2, 0.25) is 0 Å². The molecule has 0 aliphatic heterocycles. The van der Waals surface area contributed by atoms with Crippen LogP contribution >= 0.6 is 0 Å². The number of benzene rings is 1. The second-order valence-electron chi connectivity index (χ2n) is 5.66. The third-order valence-corrected chi connectivity index (χ3v) is 4.17. The Morgan fingerprint density at radius 3 is 2.42 bits per heavy atom. The van der Waals surface area contributed by atoms with E-state index in [9.17, 15) is 8.42 Å². The Labute approximate surface area is 115 Å². The Hall–Kier alpha value is -1.27. The fourth-order valence-electron chi connectivity index (χ4n) is 1.72. The minimum Gasteiger partial charge on any atom is -0.495 e. The standard InChI is InChI=1S/C13H22N2O3S/c1-13(2,3)9-19(16,17)15-11-6-5-10(8-14)7-12(11)18-4/h5-7,15H,8-9,14H2,1-4H3. The quantitative estimate of drug-likeness (QED) is 0.866. The van der Waals surface area contributed by atoms with Crippen molar-refractivity contribution >= 4 is 15.7 Å². The molecule has 0 atom stereocenters. The van der Waals surface area contributed by atoms with Crippen LogP contribution in [0.4, 0.5) is 5.69 Å². The van der Waals surface area contributed by atoms with Gasteiger partial charge >= 0.3 is 0 Å². The van der Waals surface area contributed by atoms with Gasteiger partial charge in [-0.25, -0.2) is 8.42 Å². The Bertz CT molecular complexity index is 533. The van der Waals surface area contributed by atoms with E-state index in [1.54, 1.807) is 18.2 Å². The zero-order chi connectivity index (χ0) is 14.7. The van der Waals surface area contributed by atoms with Crippen molar-refractivity contribution in [1.82, 2.24) is 0 Å². The molecule has 0 bridgehead atoms. The van der Waals surface area contributed by atoms with Gasteiger partial charge < -0.3 is 10.5 Å². The number of sulfonamides is 1. The molecular formula is C13H22N2O3S. The maximum atomic E-state index is 12.0. The molecule has 108 valence electrons. The van der Waals surface area contributed by atoms with Crippen LogP contribution in [0.5, 0.6) is 5.75 Å². The van der Waals surface area contributed by atoms with Gasteiger partial charge in [0.15, 0.2) is 0 Å². The third-order valence-electron chi connectivity index (χ3n) is 2.39. The number of nitrogens with two attached hydrogens (primary N) is 1. The fourth-order valence-corrected chi connectivity index (χ4v) is 3.44. The van der Waals surface area contributed by atoms with Crippen molar-refractivity contribution in [3.05, 3.63) is 23.8 Å². The van der Waals surface area contributed by atoms with Gasteiger partial charge in [0.1, 0.15) is 5.75 Å². The van der Waals surface area contributed by atoms with E-state index in [0.717, 1.165) is 5.56 Å². The summed E-state index contributed by atoms with van der Waals surface area (Å²) in [4.78, 5) is 0. The average Bonchev–Trinajstić information content (AvgIpc) is 2.25. The predicted octanol–water partition coefficient (Wildman–Crippen LogP) is 1.94. The number of hydrogen-bond donors (Lipinski definition) is 2. The van der Waals surface area contributed by atoms with Gasteiger partial charge in [-0.1, -0.05) is 26.8 Å². The van der Waals surface area contributed by atoms with Gasteiger partial charge in [-0.3, -0.25) is 4.72 Å². The van der Waals surface area contributed by atoms with E-state index in [4.69, 9.17) is 10.5 Å². The monoisotopic (exact) mass is 286 g/mol. The number of anilines is 1. The summed E-state index contributed by atoms with van der Waals surface area (Å²) >= 11 is 0. The minimum atomic E-state index is -3.41. The Morgan fingerprint density at radius 2 is 1.95 bits per heavy atom. The molecule has 0 radical (unpaired) electrons. The highest BCUT2D eigenvalue weighted by atomic mass is 32.2. The van der Waals surface area contributed by atoms with Crippen LogP contribution in [0.25, 0.3) is 0 Å². The Morgan fingerprint density at radius 1 is 1.32 bits per heavy atom. The van der Waals surface area contributed by atoms with Crippen LogP contribution in [0.1, 0.15) is 26.3 Å². The first-order valence-electron chi connectivity index (χ1n) is 6.04. The molecule has 0 fully saturated rings. The SMILES string of the molecule is COc1cc(CN)ccc1NS(=O)(=O)CC(C)(C)C. The average molecular weight is 286 g/mol. The molecule has 19 heavy (non-hydrogen) atoms. The van der Waals surface area contributed by atoms with E-state index in [2.05, 4.69) is 4.72 Å². The molecule has 1 rings (SSSR count). The smallest absolute Gasteiger partial charge is 0.233 e. The molecule has 1 aromatic carbocycles. The molecule has 0 aliphatic rings. The summed E-state index contributed by atoms with van der Waals surface area (Å²) in [7, 11) is -1.91. The molecule has 0 aromatic heterocycles. The van der Waals surface area contributed by atoms with Crippen molar-refractivity contribution in [2.45, 2.75) is 27.3 Å². The summed E-state index contributed by atoms with van der Waals surface area (Å²) < 4.78 is 31.8. The highest BCUT2D eigenvalue weighted by molar-refractivity contribution is 7.92. The lowest BCUT2D eigenvalue weighted by Crippen LogP contribution is -2.26.